The highest BCUT2D eigenvalue weighted by atomic mass is 31.3. The maximum atomic E-state index is 12.9. The Labute approximate surface area is 542 Å². The molecule has 46 nitrogen and oxygen atoms in total. The van der Waals surface area contributed by atoms with Crippen molar-refractivity contribution in [3.63, 3.8) is 0 Å². The van der Waals surface area contributed by atoms with Gasteiger partial charge < -0.3 is 102 Å². The summed E-state index contributed by atoms with van der Waals surface area (Å²) >= 11 is 0. The van der Waals surface area contributed by atoms with Crippen LogP contribution < -0.4 is 32.7 Å². The number of anilines is 2. The van der Waals surface area contributed by atoms with Crippen molar-refractivity contribution in [2.75, 3.05) is 64.1 Å². The zero-order valence-electron chi connectivity index (χ0n) is 51.4. The van der Waals surface area contributed by atoms with E-state index in [4.69, 9.17) is 48.1 Å². The van der Waals surface area contributed by atoms with Crippen molar-refractivity contribution in [2.45, 2.75) is 128 Å². The van der Waals surface area contributed by atoms with E-state index in [1.165, 1.54) is 41.5 Å². The molecule has 52 heteroatoms. The van der Waals surface area contributed by atoms with Crippen molar-refractivity contribution >= 4 is 105 Å². The molecule has 0 aromatic carbocycles. The maximum Gasteiger partial charge on any atom is 0.481 e. The van der Waals surface area contributed by atoms with E-state index >= 15 is 0 Å². The van der Waals surface area contributed by atoms with Gasteiger partial charge in [-0.15, -0.1) is 0 Å². The summed E-state index contributed by atoms with van der Waals surface area (Å²) in [5.74, 6) is -3.39. The molecule has 2 aliphatic heterocycles. The Morgan fingerprint density at radius 3 is 1.22 bits per heavy atom. The molecular weight excluding hydrogens is 1420 g/mol. The van der Waals surface area contributed by atoms with Gasteiger partial charge >= 0.3 is 46.9 Å². The molecule has 4 aromatic rings. The summed E-state index contributed by atoms with van der Waals surface area (Å²) in [6, 6.07) is 0. The van der Waals surface area contributed by atoms with Crippen LogP contribution in [-0.4, -0.2) is 224 Å². The number of rotatable bonds is 37. The van der Waals surface area contributed by atoms with Crippen LogP contribution in [-0.2, 0) is 103 Å². The summed E-state index contributed by atoms with van der Waals surface area (Å²) in [6.07, 6.45) is -11.2. The number of fused-ring (bicyclic) bond motifs is 2. The fraction of sp³-hybridized carbons (Fsp3) is 0.682. The summed E-state index contributed by atoms with van der Waals surface area (Å²) in [6.45, 7) is 2.45. The zero-order chi connectivity index (χ0) is 72.0. The largest absolute Gasteiger partial charge is 0.481 e. The average Bonchev–Trinajstić information content (AvgIpc) is 1.59. The second kappa shape index (κ2) is 31.3. The number of phosphoric ester groups is 6. The Morgan fingerprint density at radius 1 is 0.552 bits per heavy atom. The fourth-order valence-corrected chi connectivity index (χ4v) is 14.9. The van der Waals surface area contributed by atoms with E-state index in [1.807, 2.05) is 0 Å². The van der Waals surface area contributed by atoms with E-state index in [0.717, 1.165) is 34.4 Å². The molecule has 0 saturated carbocycles. The van der Waals surface area contributed by atoms with Gasteiger partial charge in [0.25, 0.3) is 0 Å². The number of carbonyl (C=O) groups is 4. The molecule has 0 radical (unpaired) electrons. The minimum atomic E-state index is -5.68. The number of nitrogens with two attached hydrogens (primary N) is 2. The Hall–Kier alpha value is -4.92. The Morgan fingerprint density at radius 2 is 0.885 bits per heavy atom. The molecule has 542 valence electrons. The first-order valence-electron chi connectivity index (χ1n) is 28.0. The van der Waals surface area contributed by atoms with Crippen LogP contribution >= 0.6 is 46.9 Å². The van der Waals surface area contributed by atoms with Crippen LogP contribution in [0.25, 0.3) is 22.3 Å². The molecule has 20 N–H and O–H groups in total. The lowest BCUT2D eigenvalue weighted by atomic mass is 9.87. The zero-order valence-corrected chi connectivity index (χ0v) is 56.7. The van der Waals surface area contributed by atoms with Crippen LogP contribution in [0, 0.1) is 10.8 Å². The topological polar surface area (TPSA) is 693 Å². The molecule has 4 amide bonds. The molecule has 14 unspecified atom stereocenters. The number of phosphoric acid groups is 6. The van der Waals surface area contributed by atoms with Gasteiger partial charge in [-0.05, 0) is 26.7 Å². The van der Waals surface area contributed by atoms with Crippen molar-refractivity contribution in [1.82, 2.24) is 60.3 Å². The van der Waals surface area contributed by atoms with Crippen molar-refractivity contribution < 1.29 is 151 Å². The standard InChI is InChI=1S/C44H74N14O32P6/c1-41(2,17-83-95(77,78)89-93(73,74)81-15-23-29(87-91(67,68)69)31(61)43(5,85-23)57-21-55-27-35(45)51-19-53-37(27)57)33(63)39(65)49-13-9-25(59)47-11-7-8-12-48-26(60)10-14-50-40(66)34(64)42(3,4)18-84-96(79,80)90-94(75,76)82-16-24-30(88-92(70,71)72)32(62)44(6,86-24)58-22-56-28-36(46)52-20-54-38(28)58/h19-24,29-34,61-64H,7-18H2,1-6H3,(H,47,59)(H,48,60)(H,49,65)(H,50,66)(H,73,74)(H,75,76)(H,77,78)(H,79,80)(H2,45,51,53)(H2,46,52,54)(H2,67,68,69)(H2,70,71,72). The Balaban J connectivity index is 0.828. The third-order valence-electron chi connectivity index (χ3n) is 14.4. The second-order valence-electron chi connectivity index (χ2n) is 23.0. The van der Waals surface area contributed by atoms with Gasteiger partial charge in [0.05, 0.1) is 39.1 Å². The molecular formula is C44H74N14O32P6. The van der Waals surface area contributed by atoms with Gasteiger partial charge in [0.15, 0.2) is 34.4 Å². The van der Waals surface area contributed by atoms with E-state index in [2.05, 4.69) is 59.8 Å². The van der Waals surface area contributed by atoms with Crippen LogP contribution in [0.1, 0.15) is 67.2 Å². The Bertz CT molecular complexity index is 3510. The number of carbonyl (C=O) groups excluding carboxylic acids is 4. The molecule has 96 heavy (non-hydrogen) atoms. The number of nitrogen functional groups attached to an aromatic ring is 2. The second-order valence-corrected chi connectivity index (χ2v) is 31.4. The quantitative estimate of drug-likeness (QED) is 0.0158. The predicted molar refractivity (Wildman–Crippen MR) is 318 cm³/mol. The molecule has 2 aliphatic rings. The Kier molecular flexibility index (Phi) is 26.1. The van der Waals surface area contributed by atoms with E-state index < -0.39 is 168 Å². The van der Waals surface area contributed by atoms with E-state index in [0.29, 0.717) is 12.8 Å². The number of ether oxygens (including phenoxy) is 2. The predicted octanol–water partition coefficient (Wildman–Crippen LogP) is -3.05. The van der Waals surface area contributed by atoms with Crippen molar-refractivity contribution in [2.24, 2.45) is 10.8 Å². The normalized spacial score (nSPS) is 25.1. The molecule has 0 aliphatic carbocycles. The van der Waals surface area contributed by atoms with Gasteiger partial charge in [0.1, 0.15) is 72.5 Å². The van der Waals surface area contributed by atoms with Gasteiger partial charge in [0.2, 0.25) is 23.6 Å². The molecule has 0 spiro atoms. The number of amides is 4. The third kappa shape index (κ3) is 21.3. The molecule has 2 fully saturated rings. The SMILES string of the molecule is CC(C)(COP(=O)(O)OP(=O)(O)OCC1OC(C)(n2cnc3c(N)ncnc32)C(O)C1OP(=O)(O)O)C(O)C(=O)NCCC(=O)NCCCCNC(=O)CCNC(=O)C(O)C(C)(C)COP(=O)(O)OP(=O)(O)OCC1OC(C)(n2cnc3c(N)ncnc32)C(O)C1OP(=O)(O)O. The highest BCUT2D eigenvalue weighted by molar-refractivity contribution is 7.61. The molecule has 14 atom stereocenters. The first-order valence-corrected chi connectivity index (χ1v) is 37.0. The number of nitrogens with one attached hydrogen (secondary N) is 4. The summed E-state index contributed by atoms with van der Waals surface area (Å²) in [4.78, 5) is 154. The van der Waals surface area contributed by atoms with Crippen molar-refractivity contribution in [1.29, 1.82) is 0 Å². The van der Waals surface area contributed by atoms with E-state index in [9.17, 15) is 106 Å². The van der Waals surface area contributed by atoms with Crippen LogP contribution in [0.15, 0.2) is 25.3 Å². The lowest BCUT2D eigenvalue weighted by Gasteiger charge is -2.30. The first kappa shape index (κ1) is 80.1. The minimum Gasteiger partial charge on any atom is -0.385 e. The number of hydrogen-bond donors (Lipinski definition) is 18. The van der Waals surface area contributed by atoms with Gasteiger partial charge in [-0.2, -0.15) is 8.62 Å². The molecule has 4 aromatic heterocycles. The highest BCUT2D eigenvalue weighted by Crippen LogP contribution is 2.63. The smallest absolute Gasteiger partial charge is 0.385 e. The average molecular weight is 1500 g/mol. The number of hydrogen-bond acceptors (Lipinski definition) is 32. The summed E-state index contributed by atoms with van der Waals surface area (Å²) in [5, 5.41) is 53.6. The fourth-order valence-electron chi connectivity index (χ4n) is 9.21. The lowest BCUT2D eigenvalue weighted by Crippen LogP contribution is -2.46. The summed E-state index contributed by atoms with van der Waals surface area (Å²) < 4.78 is 126. The number of unbranched alkanes of at least 4 members (excludes halogenated alkanes) is 1. The summed E-state index contributed by atoms with van der Waals surface area (Å²) in [7, 11) is -33.4. The van der Waals surface area contributed by atoms with Crippen LogP contribution in [0.3, 0.4) is 0 Å². The minimum absolute atomic E-state index is 0.0203. The van der Waals surface area contributed by atoms with E-state index in [1.54, 1.807) is 0 Å². The molecule has 0 bridgehead atoms. The van der Waals surface area contributed by atoms with Gasteiger partial charge in [-0.3, -0.25) is 55.5 Å². The first-order chi connectivity index (χ1) is 44.1. The number of aliphatic hydroxyl groups excluding tert-OH is 4. The van der Waals surface area contributed by atoms with E-state index in [-0.39, 0.29) is 73.0 Å². The number of aromatic nitrogens is 8. The van der Waals surface area contributed by atoms with Gasteiger partial charge in [-0.25, -0.2) is 57.3 Å². The van der Waals surface area contributed by atoms with Gasteiger partial charge in [-0.1, -0.05) is 27.7 Å². The molecule has 2 saturated heterocycles. The molecule has 6 heterocycles. The van der Waals surface area contributed by atoms with Crippen LogP contribution in [0.5, 0.6) is 0 Å². The van der Waals surface area contributed by atoms with Crippen LogP contribution in [0.4, 0.5) is 11.6 Å². The van der Waals surface area contributed by atoms with Crippen molar-refractivity contribution in [3.8, 4) is 0 Å². The number of aliphatic hydroxyl groups is 4. The highest BCUT2D eigenvalue weighted by Gasteiger charge is 2.59. The number of imidazole rings is 2. The lowest BCUT2D eigenvalue weighted by molar-refractivity contribution is -0.137. The van der Waals surface area contributed by atoms with Crippen LogP contribution in [0.2, 0.25) is 0 Å². The van der Waals surface area contributed by atoms with Gasteiger partial charge in [0, 0.05) is 49.9 Å². The third-order valence-corrected chi connectivity index (χ3v) is 20.6. The molecule has 6 rings (SSSR count). The number of nitrogens with zero attached hydrogens (tertiary/aromatic N) is 8. The van der Waals surface area contributed by atoms with Crippen molar-refractivity contribution in [3.05, 3.63) is 25.3 Å². The summed E-state index contributed by atoms with van der Waals surface area (Å²) in [5.41, 5.74) is 4.17. The maximum absolute atomic E-state index is 12.9. The monoisotopic (exact) mass is 1500 g/mol.